The Morgan fingerprint density at radius 2 is 1.90 bits per heavy atom. The maximum Gasteiger partial charge on any atom is 0.322 e. The second kappa shape index (κ2) is 7.06. The van der Waals surface area contributed by atoms with Gasteiger partial charge in [0.05, 0.1) is 0 Å². The van der Waals surface area contributed by atoms with Crippen LogP contribution < -0.4 is 31.3 Å². The van der Waals surface area contributed by atoms with Gasteiger partial charge in [0, 0.05) is 42.4 Å². The van der Waals surface area contributed by atoms with Gasteiger partial charge in [-0.05, 0) is 55.9 Å². The van der Waals surface area contributed by atoms with E-state index in [9.17, 15) is 14.4 Å². The molecule has 7 nitrogen and oxygen atoms in total. The molecule has 0 aromatic heterocycles. The lowest BCUT2D eigenvalue weighted by atomic mass is 10.0. The molecule has 2 N–H and O–H groups in total. The van der Waals surface area contributed by atoms with Crippen molar-refractivity contribution in [3.63, 3.8) is 0 Å². The molecule has 1 aliphatic carbocycles. The number of piperidine rings is 1. The van der Waals surface area contributed by atoms with Crippen molar-refractivity contribution in [2.45, 2.75) is 44.2 Å². The number of nitrogens with zero attached hydrogens (tertiary/aromatic N) is 2. The number of benzene rings is 1. The van der Waals surface area contributed by atoms with E-state index in [1.54, 1.807) is 11.0 Å². The lowest BCUT2D eigenvalue weighted by Crippen LogP contribution is -2.54. The van der Waals surface area contributed by atoms with Gasteiger partial charge in [0.25, 0.3) is 10.9 Å². The first-order chi connectivity index (χ1) is 14.0. The third-order valence-electron chi connectivity index (χ3n) is 6.06. The van der Waals surface area contributed by atoms with Crippen LogP contribution in [0.4, 0.5) is 21.9 Å². The van der Waals surface area contributed by atoms with Crippen LogP contribution >= 0.6 is 11.6 Å². The highest BCUT2D eigenvalue weighted by Gasteiger charge is 2.34. The summed E-state index contributed by atoms with van der Waals surface area (Å²) in [6, 6.07) is 5.73. The second-order valence-corrected chi connectivity index (χ2v) is 8.65. The van der Waals surface area contributed by atoms with Crippen LogP contribution in [0.15, 0.2) is 27.8 Å². The molecule has 2 fully saturated rings. The monoisotopic (exact) mass is 414 g/mol. The standard InChI is InChI=1S/C21H23ClN4O3/c22-13-3-6-16-12(10-13)7-9-26(16)21(29)24-15-2-1-8-25(11-15)18-17(19(27)20(18)28)23-14-4-5-14/h3,6,10,14-15,23H,1-2,4-5,7-9,11H2,(H,24,29). The molecule has 29 heavy (non-hydrogen) atoms. The Morgan fingerprint density at radius 3 is 2.69 bits per heavy atom. The zero-order valence-electron chi connectivity index (χ0n) is 16.0. The zero-order valence-corrected chi connectivity index (χ0v) is 16.8. The largest absolute Gasteiger partial charge is 0.377 e. The van der Waals surface area contributed by atoms with Crippen molar-refractivity contribution in [3.8, 4) is 0 Å². The molecule has 152 valence electrons. The number of rotatable bonds is 4. The van der Waals surface area contributed by atoms with Crippen LogP contribution in [0.5, 0.6) is 0 Å². The molecule has 0 radical (unpaired) electrons. The van der Waals surface area contributed by atoms with E-state index in [4.69, 9.17) is 11.6 Å². The van der Waals surface area contributed by atoms with E-state index in [2.05, 4.69) is 10.6 Å². The van der Waals surface area contributed by atoms with Gasteiger partial charge in [-0.3, -0.25) is 14.5 Å². The van der Waals surface area contributed by atoms with Crippen LogP contribution in [-0.4, -0.2) is 37.7 Å². The molecule has 2 amide bonds. The molecule has 1 atom stereocenters. The molecule has 1 saturated heterocycles. The van der Waals surface area contributed by atoms with E-state index in [0.29, 0.717) is 35.5 Å². The summed E-state index contributed by atoms with van der Waals surface area (Å²) in [5.41, 5.74) is 2.13. The van der Waals surface area contributed by atoms with Crippen LogP contribution in [0.2, 0.25) is 5.02 Å². The molecular weight excluding hydrogens is 392 g/mol. The zero-order chi connectivity index (χ0) is 20.1. The quantitative estimate of drug-likeness (QED) is 0.750. The predicted molar refractivity (Wildman–Crippen MR) is 114 cm³/mol. The summed E-state index contributed by atoms with van der Waals surface area (Å²) in [6.07, 6.45) is 4.59. The number of hydrogen-bond acceptors (Lipinski definition) is 5. The summed E-state index contributed by atoms with van der Waals surface area (Å²) in [7, 11) is 0. The number of fused-ring (bicyclic) bond motifs is 1. The van der Waals surface area contributed by atoms with Crippen molar-refractivity contribution in [1.29, 1.82) is 0 Å². The van der Waals surface area contributed by atoms with E-state index in [-0.39, 0.29) is 12.1 Å². The van der Waals surface area contributed by atoms with Crippen LogP contribution in [-0.2, 0) is 6.42 Å². The van der Waals surface area contributed by atoms with E-state index in [0.717, 1.165) is 49.9 Å². The minimum atomic E-state index is -0.412. The van der Waals surface area contributed by atoms with Crippen molar-refractivity contribution < 1.29 is 4.79 Å². The first-order valence-electron chi connectivity index (χ1n) is 10.2. The molecule has 2 aromatic rings. The fourth-order valence-corrected chi connectivity index (χ4v) is 4.57. The van der Waals surface area contributed by atoms with Gasteiger partial charge < -0.3 is 15.5 Å². The molecule has 5 rings (SSSR count). The summed E-state index contributed by atoms with van der Waals surface area (Å²) in [5, 5.41) is 6.99. The molecule has 0 spiro atoms. The molecule has 1 unspecified atom stereocenters. The number of urea groups is 1. The number of hydrogen-bond donors (Lipinski definition) is 2. The Kier molecular flexibility index (Phi) is 4.50. The van der Waals surface area contributed by atoms with Gasteiger partial charge >= 0.3 is 6.03 Å². The Labute approximate surface area is 173 Å². The number of anilines is 3. The minimum Gasteiger partial charge on any atom is -0.377 e. The van der Waals surface area contributed by atoms with Gasteiger partial charge in [-0.25, -0.2) is 4.79 Å². The third-order valence-corrected chi connectivity index (χ3v) is 6.29. The number of carbonyl (C=O) groups excluding carboxylic acids is 1. The van der Waals surface area contributed by atoms with Crippen molar-refractivity contribution in [2.75, 3.05) is 34.8 Å². The Morgan fingerprint density at radius 1 is 1.07 bits per heavy atom. The van der Waals surface area contributed by atoms with Gasteiger partial charge in [-0.15, -0.1) is 0 Å². The molecule has 3 aliphatic rings. The third kappa shape index (κ3) is 3.37. The van der Waals surface area contributed by atoms with Crippen LogP contribution in [0.1, 0.15) is 31.2 Å². The maximum atomic E-state index is 12.9. The van der Waals surface area contributed by atoms with Gasteiger partial charge in [0.2, 0.25) is 0 Å². The van der Waals surface area contributed by atoms with E-state index >= 15 is 0 Å². The molecular formula is C21H23ClN4O3. The van der Waals surface area contributed by atoms with Gasteiger partial charge in [-0.2, -0.15) is 0 Å². The Hall–Kier alpha value is -2.54. The summed E-state index contributed by atoms with van der Waals surface area (Å²) in [4.78, 5) is 40.7. The highest BCUT2D eigenvalue weighted by Crippen LogP contribution is 2.32. The molecule has 8 heteroatoms. The average Bonchev–Trinajstić information content (AvgIpc) is 3.44. The van der Waals surface area contributed by atoms with Gasteiger partial charge in [-0.1, -0.05) is 11.6 Å². The topological polar surface area (TPSA) is 81.8 Å². The van der Waals surface area contributed by atoms with E-state index in [1.807, 2.05) is 17.0 Å². The van der Waals surface area contributed by atoms with Gasteiger partial charge in [0.1, 0.15) is 11.4 Å². The van der Waals surface area contributed by atoms with Crippen molar-refractivity contribution in [1.82, 2.24) is 5.32 Å². The average molecular weight is 415 g/mol. The Bertz CT molecular complexity index is 1040. The SMILES string of the molecule is O=C(NC1CCCN(c2c(NC3CC3)c(=O)c2=O)C1)N1CCc2cc(Cl)ccc21. The first-order valence-corrected chi connectivity index (χ1v) is 10.6. The highest BCUT2D eigenvalue weighted by molar-refractivity contribution is 6.30. The maximum absolute atomic E-state index is 12.9. The lowest BCUT2D eigenvalue weighted by Gasteiger charge is -2.36. The summed E-state index contributed by atoms with van der Waals surface area (Å²) in [5.74, 6) is 0. The summed E-state index contributed by atoms with van der Waals surface area (Å²) in [6.45, 7) is 1.89. The molecule has 1 saturated carbocycles. The number of nitrogens with one attached hydrogen (secondary N) is 2. The number of halogens is 1. The van der Waals surface area contributed by atoms with Crippen molar-refractivity contribution >= 4 is 34.7 Å². The van der Waals surface area contributed by atoms with Crippen LogP contribution in [0.3, 0.4) is 0 Å². The molecule has 2 aromatic carbocycles. The van der Waals surface area contributed by atoms with Crippen molar-refractivity contribution in [2.24, 2.45) is 0 Å². The van der Waals surface area contributed by atoms with Crippen molar-refractivity contribution in [3.05, 3.63) is 49.2 Å². The lowest BCUT2D eigenvalue weighted by molar-refractivity contribution is 0.241. The molecule has 0 bridgehead atoms. The highest BCUT2D eigenvalue weighted by atomic mass is 35.5. The molecule has 2 aliphatic heterocycles. The fourth-order valence-electron chi connectivity index (χ4n) is 4.38. The second-order valence-electron chi connectivity index (χ2n) is 8.21. The number of amides is 2. The normalized spacial score (nSPS) is 21.3. The minimum absolute atomic E-state index is 0.0641. The van der Waals surface area contributed by atoms with E-state index < -0.39 is 10.9 Å². The first kappa shape index (κ1) is 18.5. The van der Waals surface area contributed by atoms with E-state index in [1.165, 1.54) is 0 Å². The van der Waals surface area contributed by atoms with Gasteiger partial charge in [0.15, 0.2) is 0 Å². The van der Waals surface area contributed by atoms with Crippen LogP contribution in [0, 0.1) is 0 Å². The van der Waals surface area contributed by atoms with Crippen LogP contribution in [0.25, 0.3) is 0 Å². The number of carbonyl (C=O) groups is 1. The molecule has 2 heterocycles. The fraction of sp³-hybridized carbons (Fsp3) is 0.476. The Balaban J connectivity index is 1.27. The summed E-state index contributed by atoms with van der Waals surface area (Å²) < 4.78 is 0. The predicted octanol–water partition coefficient (Wildman–Crippen LogP) is 2.25. The summed E-state index contributed by atoms with van der Waals surface area (Å²) >= 11 is 6.05. The smallest absolute Gasteiger partial charge is 0.322 e.